The van der Waals surface area contributed by atoms with Gasteiger partial charge in [-0.1, -0.05) is 134 Å². The van der Waals surface area contributed by atoms with Crippen LogP contribution in [0.2, 0.25) is 0 Å². The Morgan fingerprint density at radius 2 is 0.482 bits per heavy atom. The first-order valence-electron chi connectivity index (χ1n) is 22.3. The largest absolute Gasteiger partial charge is 0.379 e. The highest BCUT2D eigenvalue weighted by molar-refractivity contribution is 5.13. The Morgan fingerprint density at radius 3 is 0.768 bits per heavy atom. The lowest BCUT2D eigenvalue weighted by Crippen LogP contribution is -2.15. The third-order valence-electron chi connectivity index (χ3n) is 8.97. The van der Waals surface area contributed by atoms with E-state index >= 15 is 0 Å². The van der Waals surface area contributed by atoms with Crippen LogP contribution in [0.5, 0.6) is 0 Å². The van der Waals surface area contributed by atoms with Gasteiger partial charge in [-0.15, -0.1) is 0 Å². The van der Waals surface area contributed by atoms with Crippen molar-refractivity contribution in [2.45, 2.75) is 116 Å². The molecule has 0 fully saturated rings. The maximum atomic E-state index is 5.70. The standard InChI is InChI=1S/C45H84O11/c1-2-3-4-5-6-7-8-9-10-11-12-13-14-15-16-20-23-46-24-25-47-26-27-48-28-29-49-30-31-50-32-33-51-34-35-52-36-37-53-38-39-54-40-41-55-42-43-56-44-45-21-18-17-19-22-45/h17-19,21-22H,2-16,20,23-44H2,1H3. The van der Waals surface area contributed by atoms with E-state index < -0.39 is 0 Å². The minimum absolute atomic E-state index is 0.522. The van der Waals surface area contributed by atoms with Crippen molar-refractivity contribution in [2.75, 3.05) is 139 Å². The third-order valence-corrected chi connectivity index (χ3v) is 8.97. The minimum Gasteiger partial charge on any atom is -0.379 e. The fourth-order valence-electron chi connectivity index (χ4n) is 5.72. The number of unbranched alkanes of at least 4 members (excludes halogenated alkanes) is 15. The van der Waals surface area contributed by atoms with Gasteiger partial charge in [0.25, 0.3) is 0 Å². The molecule has 0 unspecified atom stereocenters. The van der Waals surface area contributed by atoms with Crippen molar-refractivity contribution in [1.82, 2.24) is 0 Å². The van der Waals surface area contributed by atoms with Gasteiger partial charge in [0.15, 0.2) is 0 Å². The number of hydrogen-bond donors (Lipinski definition) is 0. The lowest BCUT2D eigenvalue weighted by atomic mass is 10.0. The average Bonchev–Trinajstić information content (AvgIpc) is 3.22. The van der Waals surface area contributed by atoms with Gasteiger partial charge in [0, 0.05) is 6.61 Å². The molecular formula is C45H84O11. The maximum Gasteiger partial charge on any atom is 0.0718 e. The van der Waals surface area contributed by atoms with Crippen LogP contribution in [0.15, 0.2) is 30.3 Å². The molecule has 1 aromatic carbocycles. The first kappa shape index (κ1) is 52.8. The summed E-state index contributed by atoms with van der Waals surface area (Å²) < 4.78 is 61.0. The smallest absolute Gasteiger partial charge is 0.0718 e. The number of hydrogen-bond acceptors (Lipinski definition) is 11. The molecular weight excluding hydrogens is 716 g/mol. The van der Waals surface area contributed by atoms with Gasteiger partial charge in [-0.25, -0.2) is 0 Å². The molecule has 11 nitrogen and oxygen atoms in total. The quantitative estimate of drug-likeness (QED) is 0.0593. The summed E-state index contributed by atoms with van der Waals surface area (Å²) >= 11 is 0. The maximum absolute atomic E-state index is 5.70. The Hall–Kier alpha value is -1.22. The molecule has 0 N–H and O–H groups in total. The molecule has 0 atom stereocenters. The van der Waals surface area contributed by atoms with E-state index in [1.807, 2.05) is 30.3 Å². The Balaban J connectivity index is 1.59. The highest BCUT2D eigenvalue weighted by atomic mass is 16.6. The van der Waals surface area contributed by atoms with E-state index in [0.717, 1.165) is 18.6 Å². The van der Waals surface area contributed by atoms with Gasteiger partial charge in [-0.2, -0.15) is 0 Å². The number of rotatable bonds is 49. The summed E-state index contributed by atoms with van der Waals surface area (Å²) in [5, 5.41) is 0. The predicted molar refractivity (Wildman–Crippen MR) is 224 cm³/mol. The Morgan fingerprint density at radius 1 is 0.250 bits per heavy atom. The highest BCUT2D eigenvalue weighted by Gasteiger charge is 1.98. The van der Waals surface area contributed by atoms with Crippen molar-refractivity contribution in [3.63, 3.8) is 0 Å². The van der Waals surface area contributed by atoms with Crippen molar-refractivity contribution >= 4 is 0 Å². The predicted octanol–water partition coefficient (Wildman–Crippen LogP) is 8.63. The summed E-state index contributed by atoms with van der Waals surface area (Å²) in [6, 6.07) is 10.1. The summed E-state index contributed by atoms with van der Waals surface area (Å²) in [6.45, 7) is 14.7. The summed E-state index contributed by atoms with van der Waals surface area (Å²) in [4.78, 5) is 0. The Labute approximate surface area is 342 Å². The summed E-state index contributed by atoms with van der Waals surface area (Å²) in [5.74, 6) is 0. The van der Waals surface area contributed by atoms with E-state index in [2.05, 4.69) is 6.92 Å². The van der Waals surface area contributed by atoms with Crippen LogP contribution in [0.3, 0.4) is 0 Å². The van der Waals surface area contributed by atoms with Crippen molar-refractivity contribution in [2.24, 2.45) is 0 Å². The van der Waals surface area contributed by atoms with Crippen LogP contribution in [-0.2, 0) is 58.7 Å². The molecule has 0 radical (unpaired) electrons. The van der Waals surface area contributed by atoms with Crippen LogP contribution < -0.4 is 0 Å². The van der Waals surface area contributed by atoms with Gasteiger partial charge < -0.3 is 52.1 Å². The second-order valence-corrected chi connectivity index (χ2v) is 14.0. The van der Waals surface area contributed by atoms with E-state index in [1.54, 1.807) is 0 Å². The van der Waals surface area contributed by atoms with Gasteiger partial charge >= 0.3 is 0 Å². The van der Waals surface area contributed by atoms with Crippen LogP contribution in [0, 0.1) is 0 Å². The molecule has 11 heteroatoms. The van der Waals surface area contributed by atoms with Crippen molar-refractivity contribution < 1.29 is 52.1 Å². The fraction of sp³-hybridized carbons (Fsp3) is 0.867. The van der Waals surface area contributed by atoms with Crippen LogP contribution in [0.25, 0.3) is 0 Å². The lowest BCUT2D eigenvalue weighted by molar-refractivity contribution is -0.0277. The van der Waals surface area contributed by atoms with E-state index in [0.29, 0.717) is 139 Å². The molecule has 56 heavy (non-hydrogen) atoms. The summed E-state index contributed by atoms with van der Waals surface area (Å²) in [7, 11) is 0. The molecule has 330 valence electrons. The molecule has 0 aliphatic heterocycles. The molecule has 0 amide bonds. The lowest BCUT2D eigenvalue weighted by Gasteiger charge is -2.09. The summed E-state index contributed by atoms with van der Waals surface area (Å²) in [6.07, 6.45) is 22.2. The number of benzene rings is 1. The summed E-state index contributed by atoms with van der Waals surface area (Å²) in [5.41, 5.74) is 1.16. The molecule has 0 heterocycles. The molecule has 0 aliphatic carbocycles. The number of ether oxygens (including phenoxy) is 11. The molecule has 0 aliphatic rings. The Bertz CT molecular complexity index is 836. The first-order valence-corrected chi connectivity index (χ1v) is 22.3. The van der Waals surface area contributed by atoms with Gasteiger partial charge in [-0.3, -0.25) is 0 Å². The normalized spacial score (nSPS) is 11.6. The monoisotopic (exact) mass is 801 g/mol. The Kier molecular flexibility index (Phi) is 45.4. The van der Waals surface area contributed by atoms with E-state index in [9.17, 15) is 0 Å². The molecule has 0 saturated carbocycles. The molecule has 0 spiro atoms. The van der Waals surface area contributed by atoms with Crippen LogP contribution >= 0.6 is 0 Å². The zero-order valence-electron chi connectivity index (χ0n) is 35.7. The van der Waals surface area contributed by atoms with Gasteiger partial charge in [0.2, 0.25) is 0 Å². The van der Waals surface area contributed by atoms with E-state index in [1.165, 1.54) is 96.3 Å². The van der Waals surface area contributed by atoms with Gasteiger partial charge in [-0.05, 0) is 12.0 Å². The molecule has 1 rings (SSSR count). The van der Waals surface area contributed by atoms with Crippen LogP contribution in [-0.4, -0.2) is 139 Å². The molecule has 0 saturated heterocycles. The zero-order valence-corrected chi connectivity index (χ0v) is 35.7. The molecule has 0 aromatic heterocycles. The first-order chi connectivity index (χ1) is 27.9. The highest BCUT2D eigenvalue weighted by Crippen LogP contribution is 2.13. The topological polar surface area (TPSA) is 102 Å². The zero-order chi connectivity index (χ0) is 39.8. The second kappa shape index (κ2) is 48.2. The minimum atomic E-state index is 0.522. The van der Waals surface area contributed by atoms with E-state index in [-0.39, 0.29) is 0 Å². The third kappa shape index (κ3) is 43.9. The van der Waals surface area contributed by atoms with Crippen molar-refractivity contribution in [3.05, 3.63) is 35.9 Å². The average molecular weight is 801 g/mol. The van der Waals surface area contributed by atoms with Crippen molar-refractivity contribution in [3.8, 4) is 0 Å². The van der Waals surface area contributed by atoms with Gasteiger partial charge in [0.1, 0.15) is 0 Å². The van der Waals surface area contributed by atoms with Crippen LogP contribution in [0.4, 0.5) is 0 Å². The van der Waals surface area contributed by atoms with Crippen LogP contribution in [0.1, 0.15) is 115 Å². The van der Waals surface area contributed by atoms with E-state index in [4.69, 9.17) is 52.1 Å². The molecule has 1 aromatic rings. The molecule has 0 bridgehead atoms. The fourth-order valence-corrected chi connectivity index (χ4v) is 5.72. The SMILES string of the molecule is CCCCCCCCCCCCCCCCCCOCCOCCOCCOCCOCCOCCOCCOCCOCCOCCOCc1ccccc1. The van der Waals surface area contributed by atoms with Gasteiger partial charge in [0.05, 0.1) is 139 Å². The van der Waals surface area contributed by atoms with Crippen molar-refractivity contribution in [1.29, 1.82) is 0 Å². The second-order valence-electron chi connectivity index (χ2n) is 14.0.